The fraction of sp³-hybridized carbons (Fsp3) is 0.375. The topological polar surface area (TPSA) is 20.2 Å². The van der Waals surface area contributed by atoms with Gasteiger partial charge in [-0.05, 0) is 37.3 Å². The second-order valence-corrected chi connectivity index (χ2v) is 5.41. The number of hydrogen-bond donors (Lipinski definition) is 1. The van der Waals surface area contributed by atoms with E-state index in [9.17, 15) is 5.11 Å². The summed E-state index contributed by atoms with van der Waals surface area (Å²) < 4.78 is 0. The molecule has 1 aliphatic rings. The average Bonchev–Trinajstić information content (AvgIpc) is 2.42. The maximum atomic E-state index is 10.4. The minimum absolute atomic E-state index is 0.210. The molecule has 1 unspecified atom stereocenters. The number of benzene rings is 1. The maximum Gasteiger partial charge on any atom is 0.0991 e. The van der Waals surface area contributed by atoms with Gasteiger partial charge in [0, 0.05) is 5.33 Å². The first-order chi connectivity index (χ1) is 8.79. The van der Waals surface area contributed by atoms with E-state index in [1.54, 1.807) is 0 Å². The number of hydrogen-bond acceptors (Lipinski definition) is 1. The lowest BCUT2D eigenvalue weighted by Gasteiger charge is -2.35. The zero-order chi connectivity index (χ0) is 12.8. The Bertz CT molecular complexity index is 436. The molecule has 1 aromatic carbocycles. The Balaban J connectivity index is 2.36. The molecule has 1 aromatic rings. The quantitative estimate of drug-likeness (QED) is 0.620. The minimum atomic E-state index is -0.210. The van der Waals surface area contributed by atoms with Crippen molar-refractivity contribution >= 4 is 15.9 Å². The fourth-order valence-electron chi connectivity index (χ4n) is 2.69. The first kappa shape index (κ1) is 13.4. The number of rotatable bonds is 4. The van der Waals surface area contributed by atoms with E-state index in [0.717, 1.165) is 31.0 Å². The highest BCUT2D eigenvalue weighted by molar-refractivity contribution is 9.09. The normalized spacial score (nSPS) is 24.2. The van der Waals surface area contributed by atoms with E-state index < -0.39 is 0 Å². The van der Waals surface area contributed by atoms with Gasteiger partial charge >= 0.3 is 0 Å². The van der Waals surface area contributed by atoms with E-state index >= 15 is 0 Å². The van der Waals surface area contributed by atoms with Gasteiger partial charge < -0.3 is 5.11 Å². The molecular weight excluding hydrogens is 288 g/mol. The van der Waals surface area contributed by atoms with Gasteiger partial charge in [0.1, 0.15) is 0 Å². The van der Waals surface area contributed by atoms with Crippen LogP contribution in [0.2, 0.25) is 0 Å². The van der Waals surface area contributed by atoms with Crippen molar-refractivity contribution in [2.75, 3.05) is 5.33 Å². The van der Waals surface area contributed by atoms with Crippen molar-refractivity contribution in [3.05, 3.63) is 59.9 Å². The van der Waals surface area contributed by atoms with Crippen LogP contribution in [-0.2, 0) is 5.41 Å². The second-order valence-electron chi connectivity index (χ2n) is 4.76. The molecule has 0 fully saturated rings. The molecular formula is C16H19BrO. The highest BCUT2D eigenvalue weighted by Crippen LogP contribution is 2.42. The van der Waals surface area contributed by atoms with E-state index in [1.165, 1.54) is 5.56 Å². The first-order valence-corrected chi connectivity index (χ1v) is 7.58. The van der Waals surface area contributed by atoms with Gasteiger partial charge in [0.2, 0.25) is 0 Å². The van der Waals surface area contributed by atoms with Crippen molar-refractivity contribution in [2.45, 2.75) is 31.1 Å². The Morgan fingerprint density at radius 1 is 1.22 bits per heavy atom. The molecule has 18 heavy (non-hydrogen) atoms. The van der Waals surface area contributed by atoms with Crippen LogP contribution in [0.5, 0.6) is 0 Å². The van der Waals surface area contributed by atoms with Crippen LogP contribution in [0.1, 0.15) is 31.2 Å². The molecule has 0 saturated carbocycles. The Morgan fingerprint density at radius 2 is 2.00 bits per heavy atom. The molecule has 2 heteroatoms. The third-order valence-electron chi connectivity index (χ3n) is 3.68. The molecule has 0 heterocycles. The van der Waals surface area contributed by atoms with Crippen molar-refractivity contribution in [1.29, 1.82) is 0 Å². The van der Waals surface area contributed by atoms with Gasteiger partial charge in [-0.3, -0.25) is 0 Å². The standard InChI is InChI=1S/C16H19BrO/c17-13-7-6-12-16(11-5-4-10-15(16)18)14-8-2-1-3-9-14/h1-3,6-10,18H,4-5,11-13H2/b7-6+. The first-order valence-electron chi connectivity index (χ1n) is 6.46. The lowest BCUT2D eigenvalue weighted by atomic mass is 9.69. The van der Waals surface area contributed by atoms with Crippen molar-refractivity contribution in [3.8, 4) is 0 Å². The summed E-state index contributed by atoms with van der Waals surface area (Å²) in [5.74, 6) is 0.541. The van der Waals surface area contributed by atoms with Gasteiger partial charge in [-0.15, -0.1) is 0 Å². The van der Waals surface area contributed by atoms with Crippen molar-refractivity contribution in [1.82, 2.24) is 0 Å². The summed E-state index contributed by atoms with van der Waals surface area (Å²) in [6.45, 7) is 0. The molecule has 1 N–H and O–H groups in total. The fourth-order valence-corrected chi connectivity index (χ4v) is 2.95. The molecule has 0 amide bonds. The summed E-state index contributed by atoms with van der Waals surface area (Å²) in [5, 5.41) is 11.3. The number of halogens is 1. The van der Waals surface area contributed by atoms with Gasteiger partial charge in [-0.25, -0.2) is 0 Å². The zero-order valence-electron chi connectivity index (χ0n) is 10.5. The summed E-state index contributed by atoms with van der Waals surface area (Å²) in [5.41, 5.74) is 1.01. The summed E-state index contributed by atoms with van der Waals surface area (Å²) in [4.78, 5) is 0. The summed E-state index contributed by atoms with van der Waals surface area (Å²) in [6, 6.07) is 10.4. The molecule has 0 bridgehead atoms. The van der Waals surface area contributed by atoms with E-state index in [2.05, 4.69) is 40.2 Å². The SMILES string of the molecule is OC1=CCCCC1(C/C=C/CBr)c1ccccc1. The molecule has 0 radical (unpaired) electrons. The number of aliphatic hydroxyl groups is 1. The largest absolute Gasteiger partial charge is 0.512 e. The molecule has 1 aliphatic carbocycles. The smallest absolute Gasteiger partial charge is 0.0991 e. The second kappa shape index (κ2) is 6.24. The maximum absolute atomic E-state index is 10.4. The predicted octanol–water partition coefficient (Wildman–Crippen LogP) is 4.89. The van der Waals surface area contributed by atoms with E-state index in [-0.39, 0.29) is 5.41 Å². The monoisotopic (exact) mass is 306 g/mol. The molecule has 0 aliphatic heterocycles. The predicted molar refractivity (Wildman–Crippen MR) is 80.2 cm³/mol. The van der Waals surface area contributed by atoms with Gasteiger partial charge in [0.25, 0.3) is 0 Å². The van der Waals surface area contributed by atoms with E-state index in [4.69, 9.17) is 0 Å². The van der Waals surface area contributed by atoms with Crippen LogP contribution in [0.3, 0.4) is 0 Å². The highest BCUT2D eigenvalue weighted by atomic mass is 79.9. The molecule has 0 aromatic heterocycles. The molecule has 2 rings (SSSR count). The van der Waals surface area contributed by atoms with Crippen LogP contribution >= 0.6 is 15.9 Å². The Hall–Kier alpha value is -1.02. The van der Waals surface area contributed by atoms with Crippen LogP contribution < -0.4 is 0 Å². The molecule has 0 spiro atoms. The summed E-state index contributed by atoms with van der Waals surface area (Å²) in [7, 11) is 0. The number of allylic oxidation sites excluding steroid dienone is 4. The van der Waals surface area contributed by atoms with Gasteiger partial charge in [0.05, 0.1) is 11.2 Å². The third-order valence-corrected chi connectivity index (χ3v) is 4.06. The van der Waals surface area contributed by atoms with Crippen LogP contribution in [0, 0.1) is 0 Å². The summed E-state index contributed by atoms with van der Waals surface area (Å²) in [6.07, 6.45) is 10.3. The van der Waals surface area contributed by atoms with Crippen LogP contribution in [0.15, 0.2) is 54.3 Å². The van der Waals surface area contributed by atoms with Crippen LogP contribution in [0.4, 0.5) is 0 Å². The Morgan fingerprint density at radius 3 is 2.67 bits per heavy atom. The van der Waals surface area contributed by atoms with Crippen molar-refractivity contribution < 1.29 is 5.11 Å². The lowest BCUT2D eigenvalue weighted by molar-refractivity contribution is 0.260. The lowest BCUT2D eigenvalue weighted by Crippen LogP contribution is -2.30. The van der Waals surface area contributed by atoms with Crippen molar-refractivity contribution in [2.24, 2.45) is 0 Å². The highest BCUT2D eigenvalue weighted by Gasteiger charge is 2.36. The van der Waals surface area contributed by atoms with E-state index in [1.807, 2.05) is 24.3 Å². The Kier molecular flexibility index (Phi) is 4.65. The minimum Gasteiger partial charge on any atom is -0.512 e. The number of aliphatic hydroxyl groups excluding tert-OH is 1. The summed E-state index contributed by atoms with van der Waals surface area (Å²) >= 11 is 3.40. The zero-order valence-corrected chi connectivity index (χ0v) is 12.1. The third kappa shape index (κ3) is 2.69. The molecule has 1 nitrogen and oxygen atoms in total. The van der Waals surface area contributed by atoms with Gasteiger partial charge in [-0.1, -0.05) is 58.4 Å². The molecule has 1 atom stereocenters. The van der Waals surface area contributed by atoms with Crippen molar-refractivity contribution in [3.63, 3.8) is 0 Å². The Labute approximate surface area is 117 Å². The average molecular weight is 307 g/mol. The van der Waals surface area contributed by atoms with Gasteiger partial charge in [0.15, 0.2) is 0 Å². The van der Waals surface area contributed by atoms with Gasteiger partial charge in [-0.2, -0.15) is 0 Å². The number of alkyl halides is 1. The molecule has 0 saturated heterocycles. The van der Waals surface area contributed by atoms with Crippen LogP contribution in [-0.4, -0.2) is 10.4 Å². The van der Waals surface area contributed by atoms with Crippen LogP contribution in [0.25, 0.3) is 0 Å². The molecule has 96 valence electrons. The van der Waals surface area contributed by atoms with E-state index in [0.29, 0.717) is 5.76 Å².